The van der Waals surface area contributed by atoms with E-state index in [1.54, 1.807) is 48.5 Å². The third-order valence-electron chi connectivity index (χ3n) is 2.99. The molecular weight excluding hydrogens is 344 g/mol. The molecule has 7 heteroatoms. The van der Waals surface area contributed by atoms with Crippen LogP contribution in [0.1, 0.15) is 24.2 Å². The zero-order valence-corrected chi connectivity index (χ0v) is 14.7. The van der Waals surface area contributed by atoms with Gasteiger partial charge in [-0.3, -0.25) is 20.4 Å². The van der Waals surface area contributed by atoms with E-state index in [9.17, 15) is 9.59 Å². The van der Waals surface area contributed by atoms with Gasteiger partial charge in [0.1, 0.15) is 11.5 Å². The summed E-state index contributed by atoms with van der Waals surface area (Å²) in [5.41, 5.74) is 5.01. The number of nitrogens with one attached hydrogen (secondary N) is 2. The molecule has 2 amide bonds. The van der Waals surface area contributed by atoms with E-state index in [1.165, 1.54) is 0 Å². The van der Waals surface area contributed by atoms with Crippen molar-refractivity contribution in [3.05, 3.63) is 59.1 Å². The average Bonchev–Trinajstić information content (AvgIpc) is 2.59. The number of carbonyl (C=O) groups excluding carboxylic acids is 2. The van der Waals surface area contributed by atoms with E-state index in [-0.39, 0.29) is 12.7 Å². The fraction of sp³-hybridized carbons (Fsp3) is 0.222. The summed E-state index contributed by atoms with van der Waals surface area (Å²) in [4.78, 5) is 23.7. The lowest BCUT2D eigenvalue weighted by Gasteiger charge is -2.11. The van der Waals surface area contributed by atoms with Crippen LogP contribution in [0.5, 0.6) is 11.5 Å². The van der Waals surface area contributed by atoms with Gasteiger partial charge >= 0.3 is 0 Å². The van der Waals surface area contributed by atoms with Crippen molar-refractivity contribution in [2.45, 2.75) is 20.0 Å². The van der Waals surface area contributed by atoms with Crippen LogP contribution in [0.4, 0.5) is 0 Å². The standard InChI is InChI=1S/C18H19ClN2O4/c1-12(2)25-16-7-3-13(4-8-16)18(23)21-20-17(22)11-24-15-9-5-14(19)6-10-15/h3-10,12H,11H2,1-2H3,(H,20,22)(H,21,23). The monoisotopic (exact) mass is 362 g/mol. The highest BCUT2D eigenvalue weighted by atomic mass is 35.5. The molecule has 0 fully saturated rings. The van der Waals surface area contributed by atoms with Gasteiger partial charge in [0.05, 0.1) is 6.10 Å². The minimum Gasteiger partial charge on any atom is -0.491 e. The van der Waals surface area contributed by atoms with E-state index < -0.39 is 11.8 Å². The third kappa shape index (κ3) is 6.35. The first-order valence-corrected chi connectivity index (χ1v) is 8.06. The second-order valence-corrected chi connectivity index (χ2v) is 5.87. The second-order valence-electron chi connectivity index (χ2n) is 5.44. The summed E-state index contributed by atoms with van der Waals surface area (Å²) < 4.78 is 10.8. The van der Waals surface area contributed by atoms with Gasteiger partial charge in [-0.2, -0.15) is 0 Å². The summed E-state index contributed by atoms with van der Waals surface area (Å²) in [6.07, 6.45) is 0.0552. The smallest absolute Gasteiger partial charge is 0.276 e. The molecule has 0 atom stereocenters. The molecule has 0 aromatic heterocycles. The second kappa shape index (κ2) is 8.94. The van der Waals surface area contributed by atoms with Gasteiger partial charge in [-0.15, -0.1) is 0 Å². The summed E-state index contributed by atoms with van der Waals surface area (Å²) in [6, 6.07) is 13.2. The summed E-state index contributed by atoms with van der Waals surface area (Å²) >= 11 is 5.76. The minimum absolute atomic E-state index is 0.0552. The van der Waals surface area contributed by atoms with Crippen molar-refractivity contribution in [1.29, 1.82) is 0 Å². The van der Waals surface area contributed by atoms with Crippen molar-refractivity contribution >= 4 is 23.4 Å². The van der Waals surface area contributed by atoms with E-state index in [0.717, 1.165) is 0 Å². The number of amides is 2. The Hall–Kier alpha value is -2.73. The molecule has 0 spiro atoms. The van der Waals surface area contributed by atoms with Crippen molar-refractivity contribution in [2.75, 3.05) is 6.61 Å². The molecule has 2 aromatic carbocycles. The van der Waals surface area contributed by atoms with Gasteiger partial charge in [0, 0.05) is 10.6 Å². The van der Waals surface area contributed by atoms with Crippen LogP contribution in [-0.2, 0) is 4.79 Å². The molecule has 0 saturated heterocycles. The van der Waals surface area contributed by atoms with Crippen LogP contribution in [0.2, 0.25) is 5.02 Å². The van der Waals surface area contributed by atoms with E-state index in [2.05, 4.69) is 10.9 Å². The van der Waals surface area contributed by atoms with Crippen LogP contribution in [0.3, 0.4) is 0 Å². The first-order chi connectivity index (χ1) is 11.9. The SMILES string of the molecule is CC(C)Oc1ccc(C(=O)NNC(=O)COc2ccc(Cl)cc2)cc1. The maximum absolute atomic E-state index is 12.0. The molecule has 6 nitrogen and oxygen atoms in total. The normalized spacial score (nSPS) is 10.2. The highest BCUT2D eigenvalue weighted by Crippen LogP contribution is 2.15. The Morgan fingerprint density at radius 2 is 1.56 bits per heavy atom. The molecule has 132 valence electrons. The fourth-order valence-electron chi connectivity index (χ4n) is 1.87. The number of hydrogen-bond acceptors (Lipinski definition) is 4. The molecule has 2 N–H and O–H groups in total. The number of hydrogen-bond donors (Lipinski definition) is 2. The lowest BCUT2D eigenvalue weighted by Crippen LogP contribution is -2.43. The molecule has 0 radical (unpaired) electrons. The zero-order valence-electron chi connectivity index (χ0n) is 13.9. The van der Waals surface area contributed by atoms with Crippen LogP contribution in [0.25, 0.3) is 0 Å². The van der Waals surface area contributed by atoms with Gasteiger partial charge in [0.15, 0.2) is 6.61 Å². The predicted octanol–water partition coefficient (Wildman–Crippen LogP) is 2.97. The Balaban J connectivity index is 1.76. The predicted molar refractivity (Wildman–Crippen MR) is 94.8 cm³/mol. The molecule has 0 saturated carbocycles. The van der Waals surface area contributed by atoms with Gasteiger partial charge in [0.25, 0.3) is 11.8 Å². The van der Waals surface area contributed by atoms with Crippen molar-refractivity contribution in [1.82, 2.24) is 10.9 Å². The highest BCUT2D eigenvalue weighted by Gasteiger charge is 2.08. The number of halogens is 1. The molecule has 0 aliphatic rings. The summed E-state index contributed by atoms with van der Waals surface area (Å²) in [6.45, 7) is 3.60. The van der Waals surface area contributed by atoms with Crippen LogP contribution in [0, 0.1) is 0 Å². The fourth-order valence-corrected chi connectivity index (χ4v) is 2.00. The van der Waals surface area contributed by atoms with E-state index in [1.807, 2.05) is 13.8 Å². The van der Waals surface area contributed by atoms with Crippen molar-refractivity contribution in [2.24, 2.45) is 0 Å². The van der Waals surface area contributed by atoms with Crippen LogP contribution in [-0.4, -0.2) is 24.5 Å². The van der Waals surface area contributed by atoms with Gasteiger partial charge in [0.2, 0.25) is 0 Å². The van der Waals surface area contributed by atoms with Crippen molar-refractivity contribution < 1.29 is 19.1 Å². The van der Waals surface area contributed by atoms with Crippen LogP contribution in [0.15, 0.2) is 48.5 Å². The number of ether oxygens (including phenoxy) is 2. The molecule has 2 aromatic rings. The number of carbonyl (C=O) groups is 2. The molecule has 0 unspecified atom stereocenters. The van der Waals surface area contributed by atoms with Crippen molar-refractivity contribution in [3.63, 3.8) is 0 Å². The molecule has 0 aliphatic heterocycles. The summed E-state index contributed by atoms with van der Waals surface area (Å²) in [7, 11) is 0. The van der Waals surface area contributed by atoms with Crippen molar-refractivity contribution in [3.8, 4) is 11.5 Å². The number of rotatable bonds is 6. The first kappa shape index (κ1) is 18.6. The Bertz CT molecular complexity index is 715. The van der Waals surface area contributed by atoms with Crippen LogP contribution < -0.4 is 20.3 Å². The quantitative estimate of drug-likeness (QED) is 0.774. The van der Waals surface area contributed by atoms with Gasteiger partial charge in [-0.1, -0.05) is 11.6 Å². The largest absolute Gasteiger partial charge is 0.491 e. The maximum atomic E-state index is 12.0. The lowest BCUT2D eigenvalue weighted by atomic mass is 10.2. The lowest BCUT2D eigenvalue weighted by molar-refractivity contribution is -0.123. The number of benzene rings is 2. The average molecular weight is 363 g/mol. The van der Waals surface area contributed by atoms with E-state index in [0.29, 0.717) is 22.1 Å². The summed E-state index contributed by atoms with van der Waals surface area (Å²) in [5, 5.41) is 0.578. The Labute approximate surface area is 151 Å². The molecule has 0 heterocycles. The van der Waals surface area contributed by atoms with Gasteiger partial charge in [-0.05, 0) is 62.4 Å². The Kier molecular flexibility index (Phi) is 6.65. The van der Waals surface area contributed by atoms with Crippen LogP contribution >= 0.6 is 11.6 Å². The topological polar surface area (TPSA) is 76.7 Å². The molecular formula is C18H19ClN2O4. The molecule has 2 rings (SSSR count). The van der Waals surface area contributed by atoms with E-state index in [4.69, 9.17) is 21.1 Å². The first-order valence-electron chi connectivity index (χ1n) is 7.68. The van der Waals surface area contributed by atoms with E-state index >= 15 is 0 Å². The molecule has 0 bridgehead atoms. The highest BCUT2D eigenvalue weighted by molar-refractivity contribution is 6.30. The third-order valence-corrected chi connectivity index (χ3v) is 3.24. The molecule has 25 heavy (non-hydrogen) atoms. The Morgan fingerprint density at radius 1 is 0.960 bits per heavy atom. The number of hydrazine groups is 1. The zero-order chi connectivity index (χ0) is 18.2. The summed E-state index contributed by atoms with van der Waals surface area (Å²) in [5.74, 6) is 0.262. The molecule has 0 aliphatic carbocycles. The van der Waals surface area contributed by atoms with Gasteiger partial charge < -0.3 is 9.47 Å². The van der Waals surface area contributed by atoms with Gasteiger partial charge in [-0.25, -0.2) is 0 Å². The minimum atomic E-state index is -0.483. The maximum Gasteiger partial charge on any atom is 0.276 e. The Morgan fingerprint density at radius 3 is 2.16 bits per heavy atom.